The van der Waals surface area contributed by atoms with Gasteiger partial charge in [0.2, 0.25) is 0 Å². The molecule has 0 heterocycles. The first-order chi connectivity index (χ1) is 16.5. The lowest BCUT2D eigenvalue weighted by molar-refractivity contribution is -0.144. The maximum Gasteiger partial charge on any atom is 0.330 e. The van der Waals surface area contributed by atoms with Gasteiger partial charge in [0, 0.05) is 24.1 Å². The molecule has 0 aliphatic heterocycles. The van der Waals surface area contributed by atoms with E-state index in [9.17, 15) is 9.59 Å². The number of esters is 2. The minimum absolute atomic E-state index is 0.411. The maximum atomic E-state index is 11.9. The number of methoxy groups -OCH3 is 1. The van der Waals surface area contributed by atoms with Crippen LogP contribution >= 0.6 is 0 Å². The monoisotopic (exact) mass is 456 g/mol. The molecule has 0 spiro atoms. The highest BCUT2D eigenvalue weighted by Gasteiger charge is 2.15. The average molecular weight is 457 g/mol. The topological polar surface area (TPSA) is 61.8 Å². The van der Waals surface area contributed by atoms with Gasteiger partial charge in [0.05, 0.1) is 7.11 Å². The minimum Gasteiger partial charge on any atom is -0.488 e. The van der Waals surface area contributed by atoms with E-state index in [1.165, 1.54) is 20.1 Å². The molecule has 1 unspecified atom stereocenters. The smallest absolute Gasteiger partial charge is 0.330 e. The zero-order valence-corrected chi connectivity index (χ0v) is 19.6. The van der Waals surface area contributed by atoms with Gasteiger partial charge in [-0.1, -0.05) is 78.9 Å². The van der Waals surface area contributed by atoms with Crippen LogP contribution in [0.5, 0.6) is 5.75 Å². The lowest BCUT2D eigenvalue weighted by Crippen LogP contribution is -2.08. The SMILES string of the molecule is COC(=O)C=Cc1ccccc1C(C=Cc1cccc(C)c1OCc1ccccc1)OC(C)=O. The Hall–Kier alpha value is -4.12. The molecular formula is C29H28O5. The molecule has 3 rings (SSSR count). The van der Waals surface area contributed by atoms with Gasteiger partial charge in [0.25, 0.3) is 0 Å². The van der Waals surface area contributed by atoms with Crippen LogP contribution in [-0.4, -0.2) is 19.0 Å². The highest BCUT2D eigenvalue weighted by atomic mass is 16.5. The van der Waals surface area contributed by atoms with Gasteiger partial charge in [-0.25, -0.2) is 4.79 Å². The van der Waals surface area contributed by atoms with Crippen molar-refractivity contribution < 1.29 is 23.8 Å². The predicted molar refractivity (Wildman–Crippen MR) is 133 cm³/mol. The van der Waals surface area contributed by atoms with Crippen molar-refractivity contribution in [2.45, 2.75) is 26.6 Å². The van der Waals surface area contributed by atoms with Gasteiger partial charge in [0.15, 0.2) is 0 Å². The van der Waals surface area contributed by atoms with Crippen LogP contribution in [0.1, 0.15) is 40.8 Å². The maximum absolute atomic E-state index is 11.9. The predicted octanol–water partition coefficient (Wildman–Crippen LogP) is 6.08. The van der Waals surface area contributed by atoms with Crippen LogP contribution in [0, 0.1) is 6.92 Å². The minimum atomic E-state index is -0.654. The summed E-state index contributed by atoms with van der Waals surface area (Å²) in [6, 6.07) is 23.3. The first-order valence-corrected chi connectivity index (χ1v) is 10.9. The second-order valence-corrected chi connectivity index (χ2v) is 7.64. The van der Waals surface area contributed by atoms with E-state index in [4.69, 9.17) is 9.47 Å². The van der Waals surface area contributed by atoms with Crippen molar-refractivity contribution in [1.29, 1.82) is 0 Å². The van der Waals surface area contributed by atoms with Crippen molar-refractivity contribution in [2.24, 2.45) is 0 Å². The average Bonchev–Trinajstić information content (AvgIpc) is 2.85. The molecule has 0 fully saturated rings. The molecule has 0 saturated heterocycles. The Bertz CT molecular complexity index is 1180. The summed E-state index contributed by atoms with van der Waals surface area (Å²) in [6.45, 7) is 3.81. The molecular weight excluding hydrogens is 428 g/mol. The van der Waals surface area contributed by atoms with E-state index in [0.29, 0.717) is 6.61 Å². The molecule has 34 heavy (non-hydrogen) atoms. The van der Waals surface area contributed by atoms with E-state index < -0.39 is 18.0 Å². The fourth-order valence-electron chi connectivity index (χ4n) is 3.46. The van der Waals surface area contributed by atoms with Crippen molar-refractivity contribution in [3.05, 3.63) is 113 Å². The number of para-hydroxylation sites is 1. The summed E-state index contributed by atoms with van der Waals surface area (Å²) in [5.74, 6) is -0.108. The van der Waals surface area contributed by atoms with Crippen LogP contribution in [0.3, 0.4) is 0 Å². The van der Waals surface area contributed by atoms with Gasteiger partial charge in [-0.05, 0) is 35.8 Å². The second-order valence-electron chi connectivity index (χ2n) is 7.64. The van der Waals surface area contributed by atoms with Crippen molar-refractivity contribution >= 4 is 24.1 Å². The van der Waals surface area contributed by atoms with E-state index in [-0.39, 0.29) is 0 Å². The molecule has 0 aromatic heterocycles. The van der Waals surface area contributed by atoms with Gasteiger partial charge < -0.3 is 14.2 Å². The number of hydrogen-bond donors (Lipinski definition) is 0. The molecule has 0 saturated carbocycles. The van der Waals surface area contributed by atoms with Gasteiger partial charge in [-0.3, -0.25) is 4.79 Å². The Morgan fingerprint density at radius 1 is 0.882 bits per heavy atom. The van der Waals surface area contributed by atoms with Crippen LogP contribution in [-0.2, 0) is 25.7 Å². The van der Waals surface area contributed by atoms with E-state index in [1.54, 1.807) is 6.08 Å². The van der Waals surface area contributed by atoms with E-state index in [1.807, 2.05) is 91.9 Å². The molecule has 3 aromatic carbocycles. The van der Waals surface area contributed by atoms with E-state index in [2.05, 4.69) is 4.74 Å². The lowest BCUT2D eigenvalue weighted by atomic mass is 10.00. The molecule has 174 valence electrons. The summed E-state index contributed by atoms with van der Waals surface area (Å²) in [7, 11) is 1.32. The first kappa shape index (κ1) is 24.5. The molecule has 5 nitrogen and oxygen atoms in total. The Morgan fingerprint density at radius 2 is 1.59 bits per heavy atom. The molecule has 0 N–H and O–H groups in total. The van der Waals surface area contributed by atoms with Gasteiger partial charge in [-0.15, -0.1) is 0 Å². The highest BCUT2D eigenvalue weighted by molar-refractivity contribution is 5.87. The third-order valence-electron chi connectivity index (χ3n) is 5.11. The van der Waals surface area contributed by atoms with Crippen LogP contribution in [0.4, 0.5) is 0 Å². The Labute approximate surface area is 200 Å². The molecule has 0 amide bonds. The number of carbonyl (C=O) groups is 2. The summed E-state index contributed by atoms with van der Waals surface area (Å²) in [5.41, 5.74) is 4.44. The van der Waals surface area contributed by atoms with Crippen LogP contribution in [0.25, 0.3) is 12.2 Å². The van der Waals surface area contributed by atoms with E-state index >= 15 is 0 Å². The van der Waals surface area contributed by atoms with Gasteiger partial charge in [0.1, 0.15) is 18.5 Å². The molecule has 3 aromatic rings. The van der Waals surface area contributed by atoms with Crippen molar-refractivity contribution in [1.82, 2.24) is 0 Å². The summed E-state index contributed by atoms with van der Waals surface area (Å²) < 4.78 is 16.4. The van der Waals surface area contributed by atoms with Crippen LogP contribution in [0.15, 0.2) is 84.9 Å². The Morgan fingerprint density at radius 3 is 2.32 bits per heavy atom. The normalized spacial score (nSPS) is 12.0. The fourth-order valence-corrected chi connectivity index (χ4v) is 3.46. The summed E-state index contributed by atoms with van der Waals surface area (Å²) >= 11 is 0. The third kappa shape index (κ3) is 6.94. The number of ether oxygens (including phenoxy) is 3. The summed E-state index contributed by atoms with van der Waals surface area (Å²) in [5, 5.41) is 0. The van der Waals surface area contributed by atoms with Crippen LogP contribution in [0.2, 0.25) is 0 Å². The number of benzene rings is 3. The molecule has 0 bridgehead atoms. The molecule has 0 aliphatic carbocycles. The highest BCUT2D eigenvalue weighted by Crippen LogP contribution is 2.29. The zero-order chi connectivity index (χ0) is 24.3. The van der Waals surface area contributed by atoms with Crippen LogP contribution < -0.4 is 4.74 Å². The molecule has 5 heteroatoms. The Balaban J connectivity index is 1.91. The number of aryl methyl sites for hydroxylation is 1. The molecule has 0 aliphatic rings. The number of hydrogen-bond acceptors (Lipinski definition) is 5. The first-order valence-electron chi connectivity index (χ1n) is 10.9. The summed E-state index contributed by atoms with van der Waals surface area (Å²) in [4.78, 5) is 23.4. The molecule has 0 radical (unpaired) electrons. The van der Waals surface area contributed by atoms with Crippen molar-refractivity contribution in [3.8, 4) is 5.75 Å². The number of carbonyl (C=O) groups excluding carboxylic acids is 2. The molecule has 1 atom stereocenters. The second kappa shape index (κ2) is 12.2. The van der Waals surface area contributed by atoms with Crippen molar-refractivity contribution in [2.75, 3.05) is 7.11 Å². The van der Waals surface area contributed by atoms with Gasteiger partial charge in [-0.2, -0.15) is 0 Å². The largest absolute Gasteiger partial charge is 0.488 e. The summed E-state index contributed by atoms with van der Waals surface area (Å²) in [6.07, 6.45) is 6.03. The quantitative estimate of drug-likeness (QED) is 0.289. The fraction of sp³-hybridized carbons (Fsp3) is 0.172. The van der Waals surface area contributed by atoms with Crippen molar-refractivity contribution in [3.63, 3.8) is 0 Å². The standard InChI is InChI=1S/C29H28O5/c1-21-10-9-14-25(29(21)33-20-23-11-5-4-6-12-23)16-18-27(34-22(2)30)26-15-8-7-13-24(26)17-19-28(31)32-3/h4-19,27H,20H2,1-3H3. The van der Waals surface area contributed by atoms with Gasteiger partial charge >= 0.3 is 11.9 Å². The zero-order valence-electron chi connectivity index (χ0n) is 19.6. The third-order valence-corrected chi connectivity index (χ3v) is 5.11. The lowest BCUT2D eigenvalue weighted by Gasteiger charge is -2.17. The Kier molecular flexibility index (Phi) is 8.81. The number of rotatable bonds is 9. The van der Waals surface area contributed by atoms with E-state index in [0.717, 1.165) is 33.6 Å².